The molecule has 0 spiro atoms. The third-order valence-corrected chi connectivity index (χ3v) is 3.29. The number of hydrogen-bond donors (Lipinski definition) is 0. The van der Waals surface area contributed by atoms with Crippen LogP contribution in [0.15, 0.2) is 0 Å². The first-order valence-corrected chi connectivity index (χ1v) is 7.30. The van der Waals surface area contributed by atoms with E-state index in [0.717, 1.165) is 5.69 Å². The first-order valence-electron chi connectivity index (χ1n) is 7.30. The van der Waals surface area contributed by atoms with Crippen LogP contribution in [0, 0.1) is 0 Å². The number of rotatable bonds is 4. The minimum atomic E-state index is -0.870. The standard InChI is InChI=1S/C16H29FN2/c1-10(2)14-13(16(6,7)8)15(11(3)4)19(18-14)9-12(5)17/h10-12H,9H2,1-8H3. The monoisotopic (exact) mass is 268 g/mol. The highest BCUT2D eigenvalue weighted by atomic mass is 19.1. The molecule has 0 aliphatic heterocycles. The molecule has 1 unspecified atom stereocenters. The van der Waals surface area contributed by atoms with E-state index in [1.54, 1.807) is 6.92 Å². The van der Waals surface area contributed by atoms with Gasteiger partial charge in [0.1, 0.15) is 6.17 Å². The summed E-state index contributed by atoms with van der Waals surface area (Å²) in [6, 6.07) is 0. The van der Waals surface area contributed by atoms with Gasteiger partial charge in [-0.25, -0.2) is 4.39 Å². The van der Waals surface area contributed by atoms with Gasteiger partial charge in [-0.1, -0.05) is 48.5 Å². The fraction of sp³-hybridized carbons (Fsp3) is 0.812. The van der Waals surface area contributed by atoms with Crippen molar-refractivity contribution in [1.82, 2.24) is 9.78 Å². The predicted octanol–water partition coefficient (Wildman–Crippen LogP) is 4.79. The molecule has 1 aromatic rings. The molecule has 0 aromatic carbocycles. The fourth-order valence-electron chi connectivity index (χ4n) is 2.63. The number of halogens is 1. The number of nitrogens with zero attached hydrogens (tertiary/aromatic N) is 2. The Kier molecular flexibility index (Phi) is 4.81. The SMILES string of the molecule is CC(F)Cn1nc(C(C)C)c(C(C)(C)C)c1C(C)C. The van der Waals surface area contributed by atoms with Gasteiger partial charge in [-0.05, 0) is 24.2 Å². The van der Waals surface area contributed by atoms with Crippen molar-refractivity contribution in [2.24, 2.45) is 0 Å². The van der Waals surface area contributed by atoms with E-state index in [2.05, 4.69) is 48.5 Å². The summed E-state index contributed by atoms with van der Waals surface area (Å²) in [5.74, 6) is 0.718. The molecule has 1 rings (SSSR count). The molecule has 110 valence electrons. The maximum Gasteiger partial charge on any atom is 0.117 e. The third kappa shape index (κ3) is 3.58. The van der Waals surface area contributed by atoms with Gasteiger partial charge in [-0.2, -0.15) is 5.10 Å². The van der Waals surface area contributed by atoms with Crippen molar-refractivity contribution in [2.75, 3.05) is 0 Å². The van der Waals surface area contributed by atoms with E-state index < -0.39 is 6.17 Å². The zero-order valence-electron chi connectivity index (χ0n) is 13.7. The van der Waals surface area contributed by atoms with Gasteiger partial charge in [-0.15, -0.1) is 0 Å². The van der Waals surface area contributed by atoms with Crippen molar-refractivity contribution in [2.45, 2.75) is 85.4 Å². The molecule has 0 aliphatic carbocycles. The van der Waals surface area contributed by atoms with Crippen LogP contribution in [0.3, 0.4) is 0 Å². The smallest absolute Gasteiger partial charge is 0.117 e. The van der Waals surface area contributed by atoms with Gasteiger partial charge in [0.25, 0.3) is 0 Å². The maximum absolute atomic E-state index is 13.4. The molecule has 0 bridgehead atoms. The van der Waals surface area contributed by atoms with Crippen LogP contribution in [0.25, 0.3) is 0 Å². The van der Waals surface area contributed by atoms with Crippen LogP contribution in [0.2, 0.25) is 0 Å². The quantitative estimate of drug-likeness (QED) is 0.768. The molecule has 0 saturated heterocycles. The topological polar surface area (TPSA) is 17.8 Å². The second kappa shape index (κ2) is 5.64. The Morgan fingerprint density at radius 2 is 1.58 bits per heavy atom. The van der Waals surface area contributed by atoms with Crippen molar-refractivity contribution < 1.29 is 4.39 Å². The highest BCUT2D eigenvalue weighted by Crippen LogP contribution is 2.36. The van der Waals surface area contributed by atoms with Crippen LogP contribution in [0.4, 0.5) is 4.39 Å². The lowest BCUT2D eigenvalue weighted by Crippen LogP contribution is -2.19. The van der Waals surface area contributed by atoms with E-state index in [-0.39, 0.29) is 5.41 Å². The van der Waals surface area contributed by atoms with Crippen LogP contribution in [-0.2, 0) is 12.0 Å². The average molecular weight is 268 g/mol. The molecule has 2 nitrogen and oxygen atoms in total. The summed E-state index contributed by atoms with van der Waals surface area (Å²) >= 11 is 0. The molecule has 1 atom stereocenters. The largest absolute Gasteiger partial charge is 0.266 e. The van der Waals surface area contributed by atoms with Crippen LogP contribution in [0.1, 0.15) is 84.2 Å². The molecule has 3 heteroatoms. The number of hydrogen-bond acceptors (Lipinski definition) is 1. The van der Waals surface area contributed by atoms with E-state index in [4.69, 9.17) is 5.10 Å². The van der Waals surface area contributed by atoms with E-state index in [1.165, 1.54) is 11.3 Å². The maximum atomic E-state index is 13.4. The summed E-state index contributed by atoms with van der Waals surface area (Å²) in [7, 11) is 0. The normalized spacial score (nSPS) is 14.5. The third-order valence-electron chi connectivity index (χ3n) is 3.29. The minimum Gasteiger partial charge on any atom is -0.266 e. The summed E-state index contributed by atoms with van der Waals surface area (Å²) < 4.78 is 15.3. The second-order valence-corrected chi connectivity index (χ2v) is 7.17. The molecule has 1 heterocycles. The van der Waals surface area contributed by atoms with Crippen molar-refractivity contribution >= 4 is 0 Å². The summed E-state index contributed by atoms with van der Waals surface area (Å²) in [5.41, 5.74) is 3.66. The Balaban J connectivity index is 3.51. The van der Waals surface area contributed by atoms with Gasteiger partial charge in [0, 0.05) is 11.3 Å². The summed E-state index contributed by atoms with van der Waals surface area (Å²) in [5, 5.41) is 4.71. The molecule has 0 radical (unpaired) electrons. The lowest BCUT2D eigenvalue weighted by Gasteiger charge is -2.24. The zero-order chi connectivity index (χ0) is 15.0. The molecule has 0 N–H and O–H groups in total. The van der Waals surface area contributed by atoms with Crippen LogP contribution >= 0.6 is 0 Å². The Hall–Kier alpha value is -0.860. The number of aromatic nitrogens is 2. The Labute approximate surface area is 117 Å². The van der Waals surface area contributed by atoms with Crippen LogP contribution in [-0.4, -0.2) is 16.0 Å². The Morgan fingerprint density at radius 1 is 1.05 bits per heavy atom. The van der Waals surface area contributed by atoms with Crippen LogP contribution < -0.4 is 0 Å². The van der Waals surface area contributed by atoms with Gasteiger partial charge in [0.15, 0.2) is 0 Å². The van der Waals surface area contributed by atoms with E-state index in [0.29, 0.717) is 18.4 Å². The van der Waals surface area contributed by atoms with Gasteiger partial charge in [-0.3, -0.25) is 4.68 Å². The summed E-state index contributed by atoms with van der Waals surface area (Å²) in [6.45, 7) is 17.2. The summed E-state index contributed by atoms with van der Waals surface area (Å²) in [6.07, 6.45) is -0.870. The average Bonchev–Trinajstić information content (AvgIpc) is 2.55. The molecule has 0 fully saturated rings. The summed E-state index contributed by atoms with van der Waals surface area (Å²) in [4.78, 5) is 0. The Bertz CT molecular complexity index is 423. The fourth-order valence-corrected chi connectivity index (χ4v) is 2.63. The number of alkyl halides is 1. The highest BCUT2D eigenvalue weighted by Gasteiger charge is 2.30. The van der Waals surface area contributed by atoms with E-state index in [1.807, 2.05) is 4.68 Å². The molecule has 1 aromatic heterocycles. The van der Waals surface area contributed by atoms with Gasteiger partial charge < -0.3 is 0 Å². The molecule has 19 heavy (non-hydrogen) atoms. The molecular weight excluding hydrogens is 239 g/mol. The van der Waals surface area contributed by atoms with Gasteiger partial charge in [0.2, 0.25) is 0 Å². The molecule has 0 aliphatic rings. The van der Waals surface area contributed by atoms with E-state index in [9.17, 15) is 4.39 Å². The highest BCUT2D eigenvalue weighted by molar-refractivity contribution is 5.36. The van der Waals surface area contributed by atoms with Gasteiger partial charge in [0.05, 0.1) is 12.2 Å². The lowest BCUT2D eigenvalue weighted by molar-refractivity contribution is 0.303. The van der Waals surface area contributed by atoms with Crippen molar-refractivity contribution in [3.05, 3.63) is 17.0 Å². The first kappa shape index (κ1) is 16.2. The molecule has 0 amide bonds. The van der Waals surface area contributed by atoms with Crippen LogP contribution in [0.5, 0.6) is 0 Å². The Morgan fingerprint density at radius 3 is 1.89 bits per heavy atom. The second-order valence-electron chi connectivity index (χ2n) is 7.17. The minimum absolute atomic E-state index is 0.0387. The van der Waals surface area contributed by atoms with Crippen molar-refractivity contribution in [3.8, 4) is 0 Å². The van der Waals surface area contributed by atoms with Gasteiger partial charge >= 0.3 is 0 Å². The molecular formula is C16H29FN2. The lowest BCUT2D eigenvalue weighted by atomic mass is 9.80. The van der Waals surface area contributed by atoms with E-state index >= 15 is 0 Å². The first-order chi connectivity index (χ1) is 8.55. The molecule has 0 saturated carbocycles. The van der Waals surface area contributed by atoms with Crippen molar-refractivity contribution in [3.63, 3.8) is 0 Å². The zero-order valence-corrected chi connectivity index (χ0v) is 13.7. The van der Waals surface area contributed by atoms with Crippen molar-refractivity contribution in [1.29, 1.82) is 0 Å². The predicted molar refractivity (Wildman–Crippen MR) is 79.7 cm³/mol.